The molecule has 6 nitrogen and oxygen atoms in total. The van der Waals surface area contributed by atoms with E-state index in [4.69, 9.17) is 0 Å². The summed E-state index contributed by atoms with van der Waals surface area (Å²) in [4.78, 5) is 18.5. The van der Waals surface area contributed by atoms with Gasteiger partial charge in [-0.2, -0.15) is 0 Å². The van der Waals surface area contributed by atoms with Gasteiger partial charge in [0.15, 0.2) is 9.84 Å². The van der Waals surface area contributed by atoms with Crippen LogP contribution in [0.2, 0.25) is 0 Å². The maximum Gasteiger partial charge on any atom is 0.241 e. The van der Waals surface area contributed by atoms with Gasteiger partial charge in [0.25, 0.3) is 0 Å². The van der Waals surface area contributed by atoms with E-state index in [-0.39, 0.29) is 23.2 Å². The molecule has 7 heteroatoms. The van der Waals surface area contributed by atoms with E-state index in [9.17, 15) is 13.2 Å². The summed E-state index contributed by atoms with van der Waals surface area (Å²) >= 11 is 0. The van der Waals surface area contributed by atoms with Crippen LogP contribution in [0, 0.1) is 5.92 Å². The lowest BCUT2D eigenvalue weighted by atomic mass is 9.90. The second-order valence-electron chi connectivity index (χ2n) is 6.99. The molecule has 0 aliphatic carbocycles. The number of nitrogens with zero attached hydrogens (tertiary/aromatic N) is 2. The van der Waals surface area contributed by atoms with Crippen molar-refractivity contribution in [3.05, 3.63) is 54.2 Å². The zero-order valence-corrected chi connectivity index (χ0v) is 16.3. The van der Waals surface area contributed by atoms with Gasteiger partial charge in [0.2, 0.25) is 5.91 Å². The molecule has 1 aromatic heterocycles. The maximum absolute atomic E-state index is 12.5. The first-order chi connectivity index (χ1) is 12.9. The Hall–Kier alpha value is -2.41. The number of anilines is 1. The van der Waals surface area contributed by atoms with Crippen molar-refractivity contribution in [1.29, 1.82) is 0 Å². The van der Waals surface area contributed by atoms with Crippen molar-refractivity contribution in [2.45, 2.75) is 24.2 Å². The number of benzene rings is 1. The lowest BCUT2D eigenvalue weighted by molar-refractivity contribution is -0.130. The molecule has 3 rings (SSSR count). The van der Waals surface area contributed by atoms with Crippen molar-refractivity contribution in [1.82, 2.24) is 9.88 Å². The van der Waals surface area contributed by atoms with Crippen LogP contribution in [0.3, 0.4) is 0 Å². The van der Waals surface area contributed by atoms with Gasteiger partial charge in [0.05, 0.1) is 6.54 Å². The number of piperidine rings is 1. The van der Waals surface area contributed by atoms with E-state index in [0.717, 1.165) is 38.6 Å². The number of rotatable bonds is 6. The van der Waals surface area contributed by atoms with Crippen LogP contribution < -0.4 is 5.32 Å². The number of carbonyl (C=O) groups excluding carboxylic acids is 1. The summed E-state index contributed by atoms with van der Waals surface area (Å²) in [7, 11) is -3.39. The first kappa shape index (κ1) is 19.4. The predicted octanol–water partition coefficient (Wildman–Crippen LogP) is 2.38. The molecule has 2 aromatic rings. The highest BCUT2D eigenvalue weighted by molar-refractivity contribution is 7.90. The van der Waals surface area contributed by atoms with Crippen LogP contribution in [-0.4, -0.2) is 50.1 Å². The van der Waals surface area contributed by atoms with Crippen LogP contribution in [0.5, 0.6) is 0 Å². The lowest BCUT2D eigenvalue weighted by Crippen LogP contribution is -2.41. The Morgan fingerprint density at radius 2 is 1.85 bits per heavy atom. The number of amides is 1. The highest BCUT2D eigenvalue weighted by atomic mass is 32.2. The van der Waals surface area contributed by atoms with Crippen molar-refractivity contribution in [3.8, 4) is 0 Å². The van der Waals surface area contributed by atoms with Crippen LogP contribution in [0.15, 0.2) is 53.6 Å². The lowest BCUT2D eigenvalue weighted by Gasteiger charge is -2.32. The Labute approximate surface area is 160 Å². The summed E-state index contributed by atoms with van der Waals surface area (Å²) in [6, 6.07) is 13.5. The normalized spacial score (nSPS) is 15.5. The standard InChI is InChI=1S/C20H25N3O3S/c1-27(25,26)18-8-5-11-21-20(18)22-15-19(24)23-12-9-17(10-13-23)14-16-6-3-2-4-7-16/h2-8,11,17H,9-10,12-15H2,1H3,(H,21,22). The molecule has 27 heavy (non-hydrogen) atoms. The van der Waals surface area contributed by atoms with E-state index in [1.807, 2.05) is 11.0 Å². The Kier molecular flexibility index (Phi) is 6.11. The molecule has 1 fully saturated rings. The number of hydrogen-bond donors (Lipinski definition) is 1. The van der Waals surface area contributed by atoms with Crippen molar-refractivity contribution in [2.24, 2.45) is 5.92 Å². The van der Waals surface area contributed by atoms with Gasteiger partial charge in [-0.1, -0.05) is 30.3 Å². The first-order valence-electron chi connectivity index (χ1n) is 9.14. The molecule has 1 aliphatic rings. The average Bonchev–Trinajstić information content (AvgIpc) is 2.67. The van der Waals surface area contributed by atoms with Crippen molar-refractivity contribution in [3.63, 3.8) is 0 Å². The Morgan fingerprint density at radius 3 is 2.52 bits per heavy atom. The fourth-order valence-electron chi connectivity index (χ4n) is 3.43. The van der Waals surface area contributed by atoms with E-state index >= 15 is 0 Å². The highest BCUT2D eigenvalue weighted by Crippen LogP contribution is 2.22. The van der Waals surface area contributed by atoms with E-state index in [1.54, 1.807) is 6.07 Å². The molecule has 0 saturated carbocycles. The number of carbonyl (C=O) groups is 1. The third kappa shape index (κ3) is 5.29. The molecule has 0 radical (unpaired) electrons. The maximum atomic E-state index is 12.5. The second kappa shape index (κ2) is 8.52. The predicted molar refractivity (Wildman–Crippen MR) is 105 cm³/mol. The number of sulfone groups is 1. The van der Waals surface area contributed by atoms with Crippen LogP contribution in [-0.2, 0) is 21.1 Å². The van der Waals surface area contributed by atoms with Crippen LogP contribution in [0.25, 0.3) is 0 Å². The quantitative estimate of drug-likeness (QED) is 0.823. The van der Waals surface area contributed by atoms with Crippen molar-refractivity contribution < 1.29 is 13.2 Å². The number of nitrogens with one attached hydrogen (secondary N) is 1. The molecular weight excluding hydrogens is 362 g/mol. The smallest absolute Gasteiger partial charge is 0.241 e. The molecule has 1 aliphatic heterocycles. The molecule has 1 amide bonds. The van der Waals surface area contributed by atoms with E-state index < -0.39 is 9.84 Å². The number of hydrogen-bond acceptors (Lipinski definition) is 5. The van der Waals surface area contributed by atoms with E-state index in [1.165, 1.54) is 17.8 Å². The number of pyridine rings is 1. The minimum Gasteiger partial charge on any atom is -0.360 e. The molecule has 1 aromatic carbocycles. The average molecular weight is 388 g/mol. The summed E-state index contributed by atoms with van der Waals surface area (Å²) in [6.45, 7) is 1.52. The summed E-state index contributed by atoms with van der Waals surface area (Å²) in [5, 5.41) is 2.89. The Morgan fingerprint density at radius 1 is 1.15 bits per heavy atom. The summed E-state index contributed by atoms with van der Waals surface area (Å²) in [6.07, 6.45) is 5.66. The monoisotopic (exact) mass is 387 g/mol. The Balaban J connectivity index is 1.51. The fraction of sp³-hybridized carbons (Fsp3) is 0.400. The van der Waals surface area contributed by atoms with Crippen molar-refractivity contribution in [2.75, 3.05) is 31.2 Å². The molecule has 2 heterocycles. The zero-order valence-electron chi connectivity index (χ0n) is 15.5. The molecule has 1 saturated heterocycles. The van der Waals surface area contributed by atoms with Crippen LogP contribution in [0.4, 0.5) is 5.82 Å². The van der Waals surface area contributed by atoms with Gasteiger partial charge in [-0.05, 0) is 42.9 Å². The molecule has 0 bridgehead atoms. The molecular formula is C20H25N3O3S. The van der Waals surface area contributed by atoms with Gasteiger partial charge < -0.3 is 10.2 Å². The fourth-order valence-corrected chi connectivity index (χ4v) is 4.23. The first-order valence-corrected chi connectivity index (χ1v) is 11.0. The highest BCUT2D eigenvalue weighted by Gasteiger charge is 2.23. The van der Waals surface area contributed by atoms with Crippen LogP contribution in [0.1, 0.15) is 18.4 Å². The minimum atomic E-state index is -3.39. The topological polar surface area (TPSA) is 79.4 Å². The molecule has 0 unspecified atom stereocenters. The second-order valence-corrected chi connectivity index (χ2v) is 8.97. The van der Waals surface area contributed by atoms with Gasteiger partial charge in [0.1, 0.15) is 10.7 Å². The van der Waals surface area contributed by atoms with Gasteiger partial charge in [0, 0.05) is 25.5 Å². The molecule has 0 spiro atoms. The minimum absolute atomic E-state index is 0.0294. The molecule has 0 atom stereocenters. The SMILES string of the molecule is CS(=O)(=O)c1cccnc1NCC(=O)N1CCC(Cc2ccccc2)CC1. The molecule has 144 valence electrons. The third-order valence-corrected chi connectivity index (χ3v) is 6.04. The van der Waals surface area contributed by atoms with E-state index in [0.29, 0.717) is 5.92 Å². The number of aromatic nitrogens is 1. The van der Waals surface area contributed by atoms with Gasteiger partial charge in [-0.3, -0.25) is 4.79 Å². The summed E-state index contributed by atoms with van der Waals surface area (Å²) in [5.41, 5.74) is 1.34. The summed E-state index contributed by atoms with van der Waals surface area (Å²) in [5.74, 6) is 0.794. The zero-order chi connectivity index (χ0) is 19.3. The van der Waals surface area contributed by atoms with E-state index in [2.05, 4.69) is 34.6 Å². The largest absolute Gasteiger partial charge is 0.360 e. The van der Waals surface area contributed by atoms with Gasteiger partial charge in [-0.15, -0.1) is 0 Å². The van der Waals surface area contributed by atoms with Gasteiger partial charge in [-0.25, -0.2) is 13.4 Å². The van der Waals surface area contributed by atoms with Crippen LogP contribution >= 0.6 is 0 Å². The third-order valence-electron chi connectivity index (χ3n) is 4.91. The van der Waals surface area contributed by atoms with Crippen molar-refractivity contribution >= 4 is 21.6 Å². The van der Waals surface area contributed by atoms with Gasteiger partial charge >= 0.3 is 0 Å². The molecule has 1 N–H and O–H groups in total. The summed E-state index contributed by atoms with van der Waals surface area (Å²) < 4.78 is 23.6. The number of likely N-dealkylation sites (tertiary alicyclic amines) is 1. The Bertz CT molecular complexity index is 876.